The van der Waals surface area contributed by atoms with E-state index >= 15 is 0 Å². The Labute approximate surface area is 130 Å². The van der Waals surface area contributed by atoms with Gasteiger partial charge in [-0.15, -0.1) is 0 Å². The fourth-order valence-electron chi connectivity index (χ4n) is 2.46. The minimum absolute atomic E-state index is 0.655. The van der Waals surface area contributed by atoms with Crippen LogP contribution in [0.3, 0.4) is 0 Å². The topological polar surface area (TPSA) is 42.4 Å². The van der Waals surface area contributed by atoms with Gasteiger partial charge in [-0.25, -0.2) is 4.98 Å². The molecule has 1 aliphatic heterocycles. The number of rotatable bonds is 4. The Hall–Kier alpha value is -2.62. The number of carbonyl (C=O) groups is 1. The summed E-state index contributed by atoms with van der Waals surface area (Å²) in [6, 6.07) is 13.6. The van der Waals surface area contributed by atoms with Crippen LogP contribution in [0, 0.1) is 6.92 Å². The molecule has 0 spiro atoms. The maximum atomic E-state index is 10.7. The Bertz CT molecular complexity index is 695. The van der Waals surface area contributed by atoms with Crippen LogP contribution in [0.15, 0.2) is 48.5 Å². The molecule has 0 aliphatic carbocycles. The van der Waals surface area contributed by atoms with E-state index in [0.29, 0.717) is 6.54 Å². The largest absolute Gasteiger partial charge is 0.455 e. The Morgan fingerprint density at radius 2 is 2.00 bits per heavy atom. The minimum Gasteiger partial charge on any atom is -0.455 e. The van der Waals surface area contributed by atoms with Crippen molar-refractivity contribution in [1.82, 2.24) is 9.88 Å². The van der Waals surface area contributed by atoms with Gasteiger partial charge in [-0.1, -0.05) is 24.3 Å². The summed E-state index contributed by atoms with van der Waals surface area (Å²) < 4.78 is 5.85. The Morgan fingerprint density at radius 1 is 1.18 bits per heavy atom. The molecule has 0 atom stereocenters. The number of hydrogen-bond acceptors (Lipinski definition) is 3. The first-order chi connectivity index (χ1) is 10.8. The molecule has 1 aromatic carbocycles. The highest BCUT2D eigenvalue weighted by Crippen LogP contribution is 2.27. The van der Waals surface area contributed by atoms with Crippen molar-refractivity contribution in [2.45, 2.75) is 13.3 Å². The lowest BCUT2D eigenvalue weighted by molar-refractivity contribution is -0.117. The number of carbonyl (C=O) groups excluding carboxylic acids is 1. The van der Waals surface area contributed by atoms with Gasteiger partial charge < -0.3 is 9.64 Å². The zero-order chi connectivity index (χ0) is 15.4. The SMILES string of the molecule is Cc1nc(C2=CCN(C=O)CC2)ccc1Oc1ccccc1. The Kier molecular flexibility index (Phi) is 4.19. The van der Waals surface area contributed by atoms with E-state index in [2.05, 4.69) is 11.1 Å². The highest BCUT2D eigenvalue weighted by atomic mass is 16.5. The molecule has 0 N–H and O–H groups in total. The summed E-state index contributed by atoms with van der Waals surface area (Å²) in [7, 11) is 0. The number of benzene rings is 1. The lowest BCUT2D eigenvalue weighted by atomic mass is 10.0. The molecule has 4 heteroatoms. The molecule has 1 aliphatic rings. The van der Waals surface area contributed by atoms with Gasteiger partial charge >= 0.3 is 0 Å². The molecule has 1 aromatic heterocycles. The fourth-order valence-corrected chi connectivity index (χ4v) is 2.46. The molecule has 0 bridgehead atoms. The second kappa shape index (κ2) is 6.43. The lowest BCUT2D eigenvalue weighted by Gasteiger charge is -2.22. The number of nitrogens with zero attached hydrogens (tertiary/aromatic N) is 2. The molecule has 112 valence electrons. The van der Waals surface area contributed by atoms with Gasteiger partial charge in [-0.05, 0) is 43.2 Å². The van der Waals surface area contributed by atoms with Crippen molar-refractivity contribution in [2.75, 3.05) is 13.1 Å². The van der Waals surface area contributed by atoms with Gasteiger partial charge in [0.15, 0.2) is 0 Å². The van der Waals surface area contributed by atoms with Crippen LogP contribution in [0.4, 0.5) is 0 Å². The van der Waals surface area contributed by atoms with Gasteiger partial charge in [0, 0.05) is 13.1 Å². The van der Waals surface area contributed by atoms with Crippen LogP contribution in [-0.4, -0.2) is 29.4 Å². The molecule has 0 saturated carbocycles. The van der Waals surface area contributed by atoms with Crippen LogP contribution in [0.5, 0.6) is 11.5 Å². The molecule has 0 saturated heterocycles. The van der Waals surface area contributed by atoms with E-state index in [9.17, 15) is 4.79 Å². The first-order valence-corrected chi connectivity index (χ1v) is 7.35. The standard InChI is InChI=1S/C18H18N2O2/c1-14-18(22-16-5-3-2-4-6-16)8-7-17(19-14)15-9-11-20(13-21)12-10-15/h2-9,13H,10-12H2,1H3. The Morgan fingerprint density at radius 3 is 2.64 bits per heavy atom. The van der Waals surface area contributed by atoms with E-state index in [4.69, 9.17) is 4.74 Å². The second-order valence-corrected chi connectivity index (χ2v) is 5.27. The molecule has 22 heavy (non-hydrogen) atoms. The minimum atomic E-state index is 0.655. The van der Waals surface area contributed by atoms with Crippen molar-refractivity contribution < 1.29 is 9.53 Å². The molecule has 3 rings (SSSR count). The zero-order valence-corrected chi connectivity index (χ0v) is 12.5. The van der Waals surface area contributed by atoms with Crippen molar-refractivity contribution in [1.29, 1.82) is 0 Å². The fraction of sp³-hybridized carbons (Fsp3) is 0.222. The number of aromatic nitrogens is 1. The van der Waals surface area contributed by atoms with Crippen molar-refractivity contribution >= 4 is 12.0 Å². The highest BCUT2D eigenvalue weighted by Gasteiger charge is 2.13. The van der Waals surface area contributed by atoms with Crippen molar-refractivity contribution in [3.8, 4) is 11.5 Å². The first kappa shape index (κ1) is 14.3. The molecule has 0 unspecified atom stereocenters. The second-order valence-electron chi connectivity index (χ2n) is 5.27. The molecule has 2 heterocycles. The number of hydrogen-bond donors (Lipinski definition) is 0. The van der Waals surface area contributed by atoms with E-state index < -0.39 is 0 Å². The van der Waals surface area contributed by atoms with Crippen molar-refractivity contribution in [3.63, 3.8) is 0 Å². The van der Waals surface area contributed by atoms with E-state index in [-0.39, 0.29) is 0 Å². The van der Waals surface area contributed by atoms with Gasteiger partial charge in [0.2, 0.25) is 6.41 Å². The lowest BCUT2D eigenvalue weighted by Crippen LogP contribution is -2.26. The maximum Gasteiger partial charge on any atom is 0.209 e. The van der Waals surface area contributed by atoms with Crippen molar-refractivity contribution in [3.05, 3.63) is 59.9 Å². The van der Waals surface area contributed by atoms with Crippen LogP contribution in [0.2, 0.25) is 0 Å². The zero-order valence-electron chi connectivity index (χ0n) is 12.5. The number of pyridine rings is 1. The van der Waals surface area contributed by atoms with Gasteiger partial charge in [0.1, 0.15) is 11.5 Å². The summed E-state index contributed by atoms with van der Waals surface area (Å²) in [6.45, 7) is 3.35. The molecule has 4 nitrogen and oxygen atoms in total. The monoisotopic (exact) mass is 294 g/mol. The van der Waals surface area contributed by atoms with Crippen LogP contribution in [0.1, 0.15) is 17.8 Å². The maximum absolute atomic E-state index is 10.7. The number of para-hydroxylation sites is 1. The average Bonchev–Trinajstić information content (AvgIpc) is 2.58. The summed E-state index contributed by atoms with van der Waals surface area (Å²) in [4.78, 5) is 17.1. The third kappa shape index (κ3) is 3.17. The van der Waals surface area contributed by atoms with E-state index in [1.165, 1.54) is 5.57 Å². The summed E-state index contributed by atoms with van der Waals surface area (Å²) in [5.41, 5.74) is 3.01. The van der Waals surface area contributed by atoms with Gasteiger partial charge in [0.25, 0.3) is 0 Å². The van der Waals surface area contributed by atoms with Gasteiger partial charge in [0.05, 0.1) is 11.4 Å². The van der Waals surface area contributed by atoms with Crippen LogP contribution in [-0.2, 0) is 4.79 Å². The predicted molar refractivity (Wildman–Crippen MR) is 85.7 cm³/mol. The molecule has 1 amide bonds. The molecule has 0 radical (unpaired) electrons. The van der Waals surface area contributed by atoms with Crippen LogP contribution >= 0.6 is 0 Å². The quantitative estimate of drug-likeness (QED) is 0.811. The van der Waals surface area contributed by atoms with E-state index in [0.717, 1.165) is 42.3 Å². The van der Waals surface area contributed by atoms with Gasteiger partial charge in [-0.2, -0.15) is 0 Å². The number of aryl methyl sites for hydroxylation is 1. The smallest absolute Gasteiger partial charge is 0.209 e. The van der Waals surface area contributed by atoms with E-state index in [1.54, 1.807) is 4.90 Å². The van der Waals surface area contributed by atoms with Gasteiger partial charge in [-0.3, -0.25) is 4.79 Å². The first-order valence-electron chi connectivity index (χ1n) is 7.35. The molecular formula is C18H18N2O2. The number of amides is 1. The third-order valence-electron chi connectivity index (χ3n) is 3.73. The predicted octanol–water partition coefficient (Wildman–Crippen LogP) is 3.43. The summed E-state index contributed by atoms with van der Waals surface area (Å²) in [5, 5.41) is 0. The van der Waals surface area contributed by atoms with Crippen LogP contribution in [0.25, 0.3) is 5.57 Å². The normalized spacial score (nSPS) is 14.4. The summed E-state index contributed by atoms with van der Waals surface area (Å²) in [5.74, 6) is 1.57. The highest BCUT2D eigenvalue weighted by molar-refractivity contribution is 5.66. The molecule has 2 aromatic rings. The van der Waals surface area contributed by atoms with Crippen molar-refractivity contribution in [2.24, 2.45) is 0 Å². The average molecular weight is 294 g/mol. The summed E-state index contributed by atoms with van der Waals surface area (Å²) in [6.07, 6.45) is 3.80. The third-order valence-corrected chi connectivity index (χ3v) is 3.73. The Balaban J connectivity index is 1.78. The van der Waals surface area contributed by atoms with E-state index in [1.807, 2.05) is 49.4 Å². The molecule has 0 fully saturated rings. The number of ether oxygens (including phenoxy) is 1. The summed E-state index contributed by atoms with van der Waals surface area (Å²) >= 11 is 0. The van der Waals surface area contributed by atoms with Crippen LogP contribution < -0.4 is 4.74 Å². The molecular weight excluding hydrogens is 276 g/mol.